The average molecular weight is 490 g/mol. The van der Waals surface area contributed by atoms with Gasteiger partial charge in [0.15, 0.2) is 0 Å². The number of aliphatic hydroxyl groups is 1. The van der Waals surface area contributed by atoms with Gasteiger partial charge in [0, 0.05) is 6.04 Å². The number of fused-ring (bicyclic) bond motifs is 1. The van der Waals surface area contributed by atoms with Gasteiger partial charge in [0.05, 0.1) is 45.2 Å². The lowest BCUT2D eigenvalue weighted by atomic mass is 9.93. The Morgan fingerprint density at radius 2 is 1.25 bits per heavy atom. The molecule has 2 heterocycles. The van der Waals surface area contributed by atoms with Crippen LogP contribution in [0.15, 0.2) is 91.0 Å². The summed E-state index contributed by atoms with van der Waals surface area (Å²) in [7, 11) is 0. The van der Waals surface area contributed by atoms with Crippen LogP contribution >= 0.6 is 0 Å². The molecule has 6 nitrogen and oxygen atoms in total. The maximum Gasteiger partial charge on any atom is 0.114 e. The number of hydrogen-bond donors (Lipinski definition) is 2. The third kappa shape index (κ3) is 6.40. The first kappa shape index (κ1) is 25.1. The van der Waals surface area contributed by atoms with Crippen molar-refractivity contribution in [2.75, 3.05) is 13.2 Å². The molecule has 36 heavy (non-hydrogen) atoms. The summed E-state index contributed by atoms with van der Waals surface area (Å²) in [6, 6.07) is 30.4. The number of ether oxygens (including phenoxy) is 4. The molecule has 0 saturated carbocycles. The highest BCUT2D eigenvalue weighted by Gasteiger charge is 2.51. The second-order valence-electron chi connectivity index (χ2n) is 9.54. The minimum Gasteiger partial charge on any atom is -0.395 e. The highest BCUT2D eigenvalue weighted by Crippen LogP contribution is 2.33. The summed E-state index contributed by atoms with van der Waals surface area (Å²) in [5.74, 6) is 0. The lowest BCUT2D eigenvalue weighted by Crippen LogP contribution is -2.62. The SMILES string of the molecule is OC[C@@H]1C[C@@H]2OC(COCc3ccccc3)[C@H](OCc3ccccc3)[C@H](OCc3ccccc3)C2N1. The molecular weight excluding hydrogens is 454 g/mol. The third-order valence-corrected chi connectivity index (χ3v) is 6.92. The molecule has 0 aliphatic carbocycles. The molecule has 0 bridgehead atoms. The van der Waals surface area contributed by atoms with Crippen molar-refractivity contribution >= 4 is 0 Å². The number of rotatable bonds is 11. The van der Waals surface area contributed by atoms with Crippen molar-refractivity contribution in [2.45, 2.75) is 62.7 Å². The first-order valence-electron chi connectivity index (χ1n) is 12.8. The monoisotopic (exact) mass is 489 g/mol. The van der Waals surface area contributed by atoms with Crippen molar-refractivity contribution in [3.05, 3.63) is 108 Å². The van der Waals surface area contributed by atoms with Gasteiger partial charge in [0.25, 0.3) is 0 Å². The van der Waals surface area contributed by atoms with Crippen molar-refractivity contribution in [1.29, 1.82) is 0 Å². The Kier molecular flexibility index (Phi) is 8.77. The van der Waals surface area contributed by atoms with Gasteiger partial charge in [-0.1, -0.05) is 91.0 Å². The third-order valence-electron chi connectivity index (χ3n) is 6.92. The molecule has 0 radical (unpaired) electrons. The van der Waals surface area contributed by atoms with Gasteiger partial charge < -0.3 is 29.4 Å². The van der Waals surface area contributed by atoms with Crippen LogP contribution < -0.4 is 5.32 Å². The zero-order chi connectivity index (χ0) is 24.6. The van der Waals surface area contributed by atoms with E-state index in [-0.39, 0.29) is 43.1 Å². The van der Waals surface area contributed by atoms with E-state index in [1.54, 1.807) is 0 Å². The van der Waals surface area contributed by atoms with Gasteiger partial charge in [-0.05, 0) is 23.1 Å². The van der Waals surface area contributed by atoms with E-state index in [1.165, 1.54) is 0 Å². The van der Waals surface area contributed by atoms with E-state index in [1.807, 2.05) is 54.6 Å². The molecule has 0 amide bonds. The summed E-state index contributed by atoms with van der Waals surface area (Å²) >= 11 is 0. The second-order valence-corrected chi connectivity index (χ2v) is 9.54. The van der Waals surface area contributed by atoms with Crippen molar-refractivity contribution < 1.29 is 24.1 Å². The highest BCUT2D eigenvalue weighted by molar-refractivity contribution is 5.16. The van der Waals surface area contributed by atoms with Gasteiger partial charge >= 0.3 is 0 Å². The molecule has 2 unspecified atom stereocenters. The quantitative estimate of drug-likeness (QED) is 0.426. The van der Waals surface area contributed by atoms with Gasteiger partial charge in [0.2, 0.25) is 0 Å². The Bertz CT molecular complexity index is 1030. The van der Waals surface area contributed by atoms with E-state index >= 15 is 0 Å². The normalized spacial score (nSPS) is 27.6. The molecule has 0 spiro atoms. The smallest absolute Gasteiger partial charge is 0.114 e. The van der Waals surface area contributed by atoms with E-state index in [2.05, 4.69) is 41.7 Å². The summed E-state index contributed by atoms with van der Waals surface area (Å²) in [5, 5.41) is 13.4. The number of hydrogen-bond acceptors (Lipinski definition) is 6. The van der Waals surface area contributed by atoms with Crippen LogP contribution in [0, 0.1) is 0 Å². The molecule has 190 valence electrons. The van der Waals surface area contributed by atoms with Crippen molar-refractivity contribution in [2.24, 2.45) is 0 Å². The fourth-order valence-electron chi connectivity index (χ4n) is 5.10. The summed E-state index contributed by atoms with van der Waals surface area (Å²) in [4.78, 5) is 0. The Morgan fingerprint density at radius 3 is 1.81 bits per heavy atom. The van der Waals surface area contributed by atoms with E-state index in [9.17, 15) is 5.11 Å². The number of aliphatic hydroxyl groups excluding tert-OH is 1. The molecular formula is C30H35NO5. The van der Waals surface area contributed by atoms with Crippen LogP contribution in [0.2, 0.25) is 0 Å². The Balaban J connectivity index is 1.34. The maximum absolute atomic E-state index is 9.84. The first-order chi connectivity index (χ1) is 17.8. The molecule has 2 saturated heterocycles. The number of nitrogens with one attached hydrogen (secondary N) is 1. The van der Waals surface area contributed by atoms with Crippen molar-refractivity contribution in [3.8, 4) is 0 Å². The van der Waals surface area contributed by atoms with Crippen LogP contribution in [0.4, 0.5) is 0 Å². The highest BCUT2D eigenvalue weighted by atomic mass is 16.6. The van der Waals surface area contributed by atoms with Crippen LogP contribution in [0.1, 0.15) is 23.1 Å². The minimum absolute atomic E-state index is 0.0263. The Hall–Kier alpha value is -2.58. The summed E-state index contributed by atoms with van der Waals surface area (Å²) in [5.41, 5.74) is 3.32. The summed E-state index contributed by atoms with van der Waals surface area (Å²) < 4.78 is 25.8. The largest absolute Gasteiger partial charge is 0.395 e. The van der Waals surface area contributed by atoms with Crippen LogP contribution in [-0.4, -0.2) is 54.8 Å². The summed E-state index contributed by atoms with van der Waals surface area (Å²) in [6.07, 6.45) is -0.235. The number of benzene rings is 3. The lowest BCUT2D eigenvalue weighted by Gasteiger charge is -2.44. The second kappa shape index (κ2) is 12.6. The van der Waals surface area contributed by atoms with Crippen molar-refractivity contribution in [3.63, 3.8) is 0 Å². The fraction of sp³-hybridized carbons (Fsp3) is 0.400. The predicted octanol–water partition coefficient (Wildman–Crippen LogP) is 3.86. The van der Waals surface area contributed by atoms with E-state index in [0.717, 1.165) is 23.1 Å². The molecule has 2 aliphatic heterocycles. The molecule has 2 fully saturated rings. The minimum atomic E-state index is -0.337. The summed E-state index contributed by atoms with van der Waals surface area (Å²) in [6.45, 7) is 1.89. The zero-order valence-corrected chi connectivity index (χ0v) is 20.4. The molecule has 6 atom stereocenters. The van der Waals surface area contributed by atoms with Gasteiger partial charge in [0.1, 0.15) is 18.3 Å². The van der Waals surface area contributed by atoms with Crippen LogP contribution in [-0.2, 0) is 38.8 Å². The Morgan fingerprint density at radius 1 is 0.722 bits per heavy atom. The molecule has 5 rings (SSSR count). The van der Waals surface area contributed by atoms with Crippen LogP contribution in [0.3, 0.4) is 0 Å². The standard InChI is InChI=1S/C30H35NO5/c32-17-25-16-26-28(31-25)30(35-20-24-14-8-3-9-15-24)29(34-19-23-12-6-2-7-13-23)27(36-26)21-33-18-22-10-4-1-5-11-22/h1-15,25-32H,16-21H2/t25-,26-,27?,28?,29-,30+/m0/s1. The van der Waals surface area contributed by atoms with Gasteiger partial charge in [-0.2, -0.15) is 0 Å². The maximum atomic E-state index is 9.84. The topological polar surface area (TPSA) is 69.2 Å². The predicted molar refractivity (Wildman–Crippen MR) is 137 cm³/mol. The molecule has 2 N–H and O–H groups in total. The van der Waals surface area contributed by atoms with Gasteiger partial charge in [-0.25, -0.2) is 0 Å². The van der Waals surface area contributed by atoms with Crippen LogP contribution in [0.5, 0.6) is 0 Å². The molecule has 3 aromatic rings. The average Bonchev–Trinajstić information content (AvgIpc) is 3.35. The van der Waals surface area contributed by atoms with E-state index in [0.29, 0.717) is 26.4 Å². The van der Waals surface area contributed by atoms with Gasteiger partial charge in [-0.3, -0.25) is 0 Å². The molecule has 3 aromatic carbocycles. The van der Waals surface area contributed by atoms with Crippen LogP contribution in [0.25, 0.3) is 0 Å². The molecule has 2 aliphatic rings. The van der Waals surface area contributed by atoms with E-state index in [4.69, 9.17) is 18.9 Å². The fourth-order valence-corrected chi connectivity index (χ4v) is 5.10. The molecule has 6 heteroatoms. The lowest BCUT2D eigenvalue weighted by molar-refractivity contribution is -0.225. The first-order valence-corrected chi connectivity index (χ1v) is 12.8. The Labute approximate surface area is 213 Å². The van der Waals surface area contributed by atoms with E-state index < -0.39 is 0 Å². The van der Waals surface area contributed by atoms with Gasteiger partial charge in [-0.15, -0.1) is 0 Å². The molecule has 0 aromatic heterocycles. The van der Waals surface area contributed by atoms with Crippen molar-refractivity contribution in [1.82, 2.24) is 5.32 Å². The zero-order valence-electron chi connectivity index (χ0n) is 20.4.